The maximum Gasteiger partial charge on any atom is 0.327 e. The highest BCUT2D eigenvalue weighted by Gasteiger charge is 2.29. The van der Waals surface area contributed by atoms with Gasteiger partial charge in [-0.3, -0.25) is 9.59 Å². The third-order valence-corrected chi connectivity index (χ3v) is 3.66. The fraction of sp³-hybridized carbons (Fsp3) is 0.583. The maximum atomic E-state index is 12.0. The van der Waals surface area contributed by atoms with Crippen LogP contribution in [0.4, 0.5) is 5.69 Å². The minimum atomic E-state index is -0.552. The molecular formula is C12H17ClN4O3. The van der Waals surface area contributed by atoms with E-state index < -0.39 is 11.5 Å². The topological polar surface area (TPSA) is 85.2 Å². The summed E-state index contributed by atoms with van der Waals surface area (Å²) in [5.41, 5.74) is -0.202. The van der Waals surface area contributed by atoms with Gasteiger partial charge in [0.2, 0.25) is 0 Å². The first kappa shape index (κ1) is 14.8. The van der Waals surface area contributed by atoms with Gasteiger partial charge in [-0.05, 0) is 19.9 Å². The van der Waals surface area contributed by atoms with Crippen molar-refractivity contribution in [3.63, 3.8) is 0 Å². The van der Waals surface area contributed by atoms with E-state index in [0.717, 1.165) is 24.2 Å². The van der Waals surface area contributed by atoms with Crippen molar-refractivity contribution in [2.75, 3.05) is 25.5 Å². The first-order chi connectivity index (χ1) is 9.45. The van der Waals surface area contributed by atoms with E-state index in [9.17, 15) is 9.59 Å². The summed E-state index contributed by atoms with van der Waals surface area (Å²) in [6, 6.07) is 0. The lowest BCUT2D eigenvalue weighted by Gasteiger charge is -2.26. The van der Waals surface area contributed by atoms with Crippen LogP contribution in [0, 0.1) is 0 Å². The van der Waals surface area contributed by atoms with Crippen molar-refractivity contribution >= 4 is 23.3 Å². The highest BCUT2D eigenvalue weighted by Crippen LogP contribution is 2.24. The van der Waals surface area contributed by atoms with Crippen LogP contribution < -0.4 is 16.2 Å². The average Bonchev–Trinajstić information content (AvgIpc) is 2.85. The monoisotopic (exact) mass is 300 g/mol. The lowest BCUT2D eigenvalue weighted by atomic mass is 10.0. The third kappa shape index (κ3) is 3.10. The number of carbonyl (C=O) groups excluding carboxylic acids is 1. The largest absolute Gasteiger partial charge is 0.468 e. The third-order valence-electron chi connectivity index (χ3n) is 3.30. The number of rotatable bonds is 4. The molecule has 0 aromatic carbocycles. The van der Waals surface area contributed by atoms with E-state index in [1.807, 2.05) is 6.92 Å². The molecule has 1 aromatic rings. The minimum Gasteiger partial charge on any atom is -0.468 e. The van der Waals surface area contributed by atoms with Gasteiger partial charge >= 0.3 is 5.97 Å². The summed E-state index contributed by atoms with van der Waals surface area (Å²) in [5.74, 6) is -0.552. The van der Waals surface area contributed by atoms with E-state index in [0.29, 0.717) is 5.69 Å². The second-order valence-corrected chi connectivity index (χ2v) is 5.40. The number of nitrogens with one attached hydrogen (secondary N) is 2. The molecule has 7 nitrogen and oxygen atoms in total. The van der Waals surface area contributed by atoms with Crippen molar-refractivity contribution in [2.24, 2.45) is 0 Å². The zero-order chi connectivity index (χ0) is 14.8. The smallest absolute Gasteiger partial charge is 0.327 e. The van der Waals surface area contributed by atoms with Gasteiger partial charge < -0.3 is 15.4 Å². The number of hydrogen-bond acceptors (Lipinski definition) is 6. The number of methoxy groups -OCH3 is 1. The summed E-state index contributed by atoms with van der Waals surface area (Å²) >= 11 is 6.06. The number of esters is 1. The predicted molar refractivity (Wildman–Crippen MR) is 75.0 cm³/mol. The van der Waals surface area contributed by atoms with Crippen LogP contribution in [0.3, 0.4) is 0 Å². The summed E-state index contributed by atoms with van der Waals surface area (Å²) in [4.78, 5) is 23.2. The van der Waals surface area contributed by atoms with E-state index >= 15 is 0 Å². The maximum absolute atomic E-state index is 12.0. The first-order valence-electron chi connectivity index (χ1n) is 6.26. The molecule has 1 aliphatic heterocycles. The number of ether oxygens (including phenoxy) is 1. The lowest BCUT2D eigenvalue weighted by Crippen LogP contribution is -2.38. The Hall–Kier alpha value is -1.60. The second kappa shape index (κ2) is 5.80. The first-order valence-corrected chi connectivity index (χ1v) is 6.64. The molecule has 1 unspecified atom stereocenters. The molecule has 1 atom stereocenters. The molecule has 1 fully saturated rings. The van der Waals surface area contributed by atoms with Gasteiger partial charge in [0.25, 0.3) is 5.56 Å². The predicted octanol–water partition coefficient (Wildman–Crippen LogP) is 0.234. The van der Waals surface area contributed by atoms with Crippen molar-refractivity contribution in [3.05, 3.63) is 21.6 Å². The molecular weight excluding hydrogens is 284 g/mol. The van der Waals surface area contributed by atoms with Gasteiger partial charge in [0.15, 0.2) is 0 Å². The summed E-state index contributed by atoms with van der Waals surface area (Å²) < 4.78 is 5.48. The van der Waals surface area contributed by atoms with Crippen molar-refractivity contribution in [2.45, 2.75) is 25.4 Å². The Bertz CT molecular complexity index is 566. The molecule has 20 heavy (non-hydrogen) atoms. The molecule has 0 spiro atoms. The van der Waals surface area contributed by atoms with Gasteiger partial charge in [0.05, 0.1) is 19.0 Å². The van der Waals surface area contributed by atoms with Crippen LogP contribution in [0.1, 0.15) is 13.3 Å². The molecule has 8 heteroatoms. The number of aromatic nitrogens is 2. The lowest BCUT2D eigenvalue weighted by molar-refractivity contribution is -0.141. The molecule has 2 rings (SSSR count). The molecule has 0 radical (unpaired) electrons. The van der Waals surface area contributed by atoms with Crippen LogP contribution in [0.5, 0.6) is 0 Å². The van der Waals surface area contributed by atoms with Crippen LogP contribution in [-0.2, 0) is 16.1 Å². The number of anilines is 1. The van der Waals surface area contributed by atoms with Crippen LogP contribution in [0.25, 0.3) is 0 Å². The number of halogens is 1. The molecule has 2 N–H and O–H groups in total. The SMILES string of the molecule is COC(=O)Cn1ncc(NC2(C)CCNC2)c(Cl)c1=O. The Labute approximate surface area is 121 Å². The molecule has 0 saturated carbocycles. The van der Waals surface area contributed by atoms with E-state index in [-0.39, 0.29) is 17.1 Å². The van der Waals surface area contributed by atoms with Gasteiger partial charge in [0, 0.05) is 12.1 Å². The minimum absolute atomic E-state index is 0.0250. The Kier molecular flexibility index (Phi) is 4.29. The fourth-order valence-electron chi connectivity index (χ4n) is 2.10. The van der Waals surface area contributed by atoms with E-state index in [1.165, 1.54) is 13.3 Å². The van der Waals surface area contributed by atoms with Crippen molar-refractivity contribution in [1.82, 2.24) is 15.1 Å². The molecule has 0 aliphatic carbocycles. The quantitative estimate of drug-likeness (QED) is 0.775. The van der Waals surface area contributed by atoms with Crippen LogP contribution in [0.15, 0.2) is 11.0 Å². The Morgan fingerprint density at radius 1 is 1.70 bits per heavy atom. The molecule has 1 aromatic heterocycles. The van der Waals surface area contributed by atoms with Gasteiger partial charge in [-0.15, -0.1) is 0 Å². The summed E-state index contributed by atoms with van der Waals surface area (Å²) in [5, 5.41) is 10.4. The molecule has 1 aliphatic rings. The average molecular weight is 301 g/mol. The van der Waals surface area contributed by atoms with Crippen molar-refractivity contribution in [3.8, 4) is 0 Å². The number of hydrogen-bond donors (Lipinski definition) is 2. The van der Waals surface area contributed by atoms with Crippen molar-refractivity contribution < 1.29 is 9.53 Å². The van der Waals surface area contributed by atoms with Crippen LogP contribution in [0.2, 0.25) is 5.02 Å². The number of nitrogens with zero attached hydrogens (tertiary/aromatic N) is 2. The molecule has 0 bridgehead atoms. The van der Waals surface area contributed by atoms with Crippen LogP contribution in [-0.4, -0.2) is 41.5 Å². The molecule has 1 saturated heterocycles. The van der Waals surface area contributed by atoms with Gasteiger partial charge in [-0.2, -0.15) is 5.10 Å². The van der Waals surface area contributed by atoms with Crippen LogP contribution >= 0.6 is 11.6 Å². The normalized spacial score (nSPS) is 21.8. The van der Waals surface area contributed by atoms with Gasteiger partial charge in [0.1, 0.15) is 11.6 Å². The molecule has 2 heterocycles. The van der Waals surface area contributed by atoms with Crippen molar-refractivity contribution in [1.29, 1.82) is 0 Å². The van der Waals surface area contributed by atoms with Gasteiger partial charge in [-0.25, -0.2) is 4.68 Å². The second-order valence-electron chi connectivity index (χ2n) is 5.02. The van der Waals surface area contributed by atoms with E-state index in [1.54, 1.807) is 0 Å². The highest BCUT2D eigenvalue weighted by molar-refractivity contribution is 6.32. The zero-order valence-corrected chi connectivity index (χ0v) is 12.2. The Morgan fingerprint density at radius 2 is 2.45 bits per heavy atom. The van der Waals surface area contributed by atoms with E-state index in [4.69, 9.17) is 11.6 Å². The number of carbonyl (C=O) groups is 1. The summed E-state index contributed by atoms with van der Waals surface area (Å²) in [7, 11) is 1.25. The summed E-state index contributed by atoms with van der Waals surface area (Å²) in [6.45, 7) is 3.49. The highest BCUT2D eigenvalue weighted by atomic mass is 35.5. The fourth-order valence-corrected chi connectivity index (χ4v) is 2.29. The summed E-state index contributed by atoms with van der Waals surface area (Å²) in [6.07, 6.45) is 2.38. The standard InChI is InChI=1S/C12H17ClN4O3/c1-12(3-4-14-7-12)16-8-5-15-17(6-9(18)20-2)11(19)10(8)13/h5,14,16H,3-4,6-7H2,1-2H3. The Balaban J connectivity index is 2.22. The van der Waals surface area contributed by atoms with Gasteiger partial charge in [-0.1, -0.05) is 11.6 Å². The Morgan fingerprint density at radius 3 is 3.05 bits per heavy atom. The zero-order valence-electron chi connectivity index (χ0n) is 11.4. The van der Waals surface area contributed by atoms with E-state index in [2.05, 4.69) is 20.5 Å². The molecule has 0 amide bonds. The molecule has 110 valence electrons.